The first-order chi connectivity index (χ1) is 12.8. The Hall–Kier alpha value is -2.35. The Morgan fingerprint density at radius 3 is 2.69 bits per heavy atom. The molecule has 2 aromatic carbocycles. The first-order valence-electron chi connectivity index (χ1n) is 9.34. The average Bonchev–Trinajstić information content (AvgIpc) is 2.71. The Morgan fingerprint density at radius 2 is 1.92 bits per heavy atom. The van der Waals surface area contributed by atoms with Crippen molar-refractivity contribution in [3.8, 4) is 11.8 Å². The number of hydrogen-bond donors (Lipinski definition) is 1. The van der Waals surface area contributed by atoms with Gasteiger partial charge in [-0.2, -0.15) is 5.26 Å². The van der Waals surface area contributed by atoms with Crippen LogP contribution in [0.5, 0.6) is 5.75 Å². The van der Waals surface area contributed by atoms with Crippen LogP contribution in [0.1, 0.15) is 36.4 Å². The van der Waals surface area contributed by atoms with Crippen molar-refractivity contribution in [2.24, 2.45) is 0 Å². The van der Waals surface area contributed by atoms with Gasteiger partial charge in [-0.3, -0.25) is 4.90 Å². The molecule has 1 heterocycles. The number of para-hydroxylation sites is 1. The van der Waals surface area contributed by atoms with Gasteiger partial charge in [0.05, 0.1) is 19.2 Å². The lowest BCUT2D eigenvalue weighted by molar-refractivity contribution is 0.113. The van der Waals surface area contributed by atoms with Crippen LogP contribution in [0.2, 0.25) is 0 Å². The first-order valence-corrected chi connectivity index (χ1v) is 9.34. The first kappa shape index (κ1) is 18.4. The maximum Gasteiger partial charge on any atom is 0.123 e. The van der Waals surface area contributed by atoms with Gasteiger partial charge in [0.25, 0.3) is 0 Å². The predicted octanol–water partition coefficient (Wildman–Crippen LogP) is 3.90. The van der Waals surface area contributed by atoms with Crippen LogP contribution in [0.4, 0.5) is 0 Å². The Labute approximate surface area is 156 Å². The zero-order valence-corrected chi connectivity index (χ0v) is 15.4. The quantitative estimate of drug-likeness (QED) is 0.823. The van der Waals surface area contributed by atoms with Crippen molar-refractivity contribution in [1.29, 1.82) is 5.26 Å². The summed E-state index contributed by atoms with van der Waals surface area (Å²) in [5.74, 6) is 0.924. The number of likely N-dealkylation sites (tertiary alicyclic amines) is 1. The summed E-state index contributed by atoms with van der Waals surface area (Å²) in [7, 11) is 1.72. The van der Waals surface area contributed by atoms with Crippen molar-refractivity contribution in [3.05, 3.63) is 65.7 Å². The van der Waals surface area contributed by atoms with E-state index in [0.717, 1.165) is 38.2 Å². The summed E-state index contributed by atoms with van der Waals surface area (Å²) in [5.41, 5.74) is 2.50. The van der Waals surface area contributed by atoms with E-state index < -0.39 is 0 Å². The number of methoxy groups -OCH3 is 1. The highest BCUT2D eigenvalue weighted by molar-refractivity contribution is 5.33. The molecule has 0 spiro atoms. The van der Waals surface area contributed by atoms with Gasteiger partial charge in [-0.05, 0) is 31.0 Å². The maximum atomic E-state index is 9.02. The lowest BCUT2D eigenvalue weighted by Gasteiger charge is -2.42. The average molecular weight is 349 g/mol. The van der Waals surface area contributed by atoms with E-state index in [1.54, 1.807) is 7.11 Å². The zero-order valence-electron chi connectivity index (χ0n) is 15.4. The van der Waals surface area contributed by atoms with Gasteiger partial charge in [0.2, 0.25) is 0 Å². The fourth-order valence-corrected chi connectivity index (χ4v) is 3.91. The zero-order chi connectivity index (χ0) is 18.2. The van der Waals surface area contributed by atoms with Crippen molar-refractivity contribution in [3.63, 3.8) is 0 Å². The summed E-state index contributed by atoms with van der Waals surface area (Å²) in [6.45, 7) is 2.65. The van der Waals surface area contributed by atoms with E-state index in [0.29, 0.717) is 18.5 Å². The third-order valence-electron chi connectivity index (χ3n) is 5.13. The van der Waals surface area contributed by atoms with Gasteiger partial charge in [-0.25, -0.2) is 0 Å². The van der Waals surface area contributed by atoms with Crippen LogP contribution in [0.25, 0.3) is 0 Å². The minimum Gasteiger partial charge on any atom is -0.496 e. The van der Waals surface area contributed by atoms with E-state index in [1.807, 2.05) is 18.2 Å². The lowest BCUT2D eigenvalue weighted by atomic mass is 9.90. The molecule has 4 heteroatoms. The Bertz CT molecular complexity index is 726. The number of hydrogen-bond acceptors (Lipinski definition) is 4. The largest absolute Gasteiger partial charge is 0.496 e. The molecule has 3 rings (SSSR count). The smallest absolute Gasteiger partial charge is 0.123 e. The van der Waals surface area contributed by atoms with Crippen LogP contribution in [0, 0.1) is 11.3 Å². The Balaban J connectivity index is 1.77. The Kier molecular flexibility index (Phi) is 6.65. The molecule has 1 aliphatic heterocycles. The lowest BCUT2D eigenvalue weighted by Crippen LogP contribution is -2.48. The normalized spacial score (nSPS) is 20.5. The van der Waals surface area contributed by atoms with E-state index in [1.165, 1.54) is 11.1 Å². The molecule has 4 nitrogen and oxygen atoms in total. The van der Waals surface area contributed by atoms with Gasteiger partial charge in [-0.1, -0.05) is 48.5 Å². The summed E-state index contributed by atoms with van der Waals surface area (Å²) in [6.07, 6.45) is 2.86. The van der Waals surface area contributed by atoms with E-state index in [9.17, 15) is 0 Å². The van der Waals surface area contributed by atoms with E-state index >= 15 is 0 Å². The van der Waals surface area contributed by atoms with Gasteiger partial charge in [0.1, 0.15) is 5.75 Å². The number of piperidine rings is 1. The van der Waals surface area contributed by atoms with Crippen molar-refractivity contribution in [1.82, 2.24) is 10.2 Å². The van der Waals surface area contributed by atoms with Gasteiger partial charge in [0, 0.05) is 31.1 Å². The molecule has 26 heavy (non-hydrogen) atoms. The number of rotatable bonds is 7. The molecule has 136 valence electrons. The van der Waals surface area contributed by atoms with Crippen molar-refractivity contribution >= 4 is 0 Å². The molecule has 0 radical (unpaired) electrons. The summed E-state index contributed by atoms with van der Waals surface area (Å²) in [5, 5.41) is 12.8. The SMILES string of the molecule is COc1ccccc1CN[C@H]1CCCN(CCC#N)[C@H]1c1ccccc1. The van der Waals surface area contributed by atoms with Gasteiger partial charge in [-0.15, -0.1) is 0 Å². The third-order valence-corrected chi connectivity index (χ3v) is 5.13. The number of nitriles is 1. The second kappa shape index (κ2) is 9.38. The highest BCUT2D eigenvalue weighted by Crippen LogP contribution is 2.32. The molecule has 0 aromatic heterocycles. The fraction of sp³-hybridized carbons (Fsp3) is 0.409. The van der Waals surface area contributed by atoms with Gasteiger partial charge >= 0.3 is 0 Å². The molecular formula is C22H27N3O. The second-order valence-corrected chi connectivity index (χ2v) is 6.74. The topological polar surface area (TPSA) is 48.3 Å². The van der Waals surface area contributed by atoms with Crippen LogP contribution in [0.15, 0.2) is 54.6 Å². The second-order valence-electron chi connectivity index (χ2n) is 6.74. The number of nitrogens with one attached hydrogen (secondary N) is 1. The number of ether oxygens (including phenoxy) is 1. The molecule has 0 aliphatic carbocycles. The molecule has 1 aliphatic rings. The molecule has 0 bridgehead atoms. The van der Waals surface area contributed by atoms with E-state index in [-0.39, 0.29) is 0 Å². The molecule has 1 N–H and O–H groups in total. The number of benzene rings is 2. The van der Waals surface area contributed by atoms with Crippen LogP contribution < -0.4 is 10.1 Å². The molecular weight excluding hydrogens is 322 g/mol. The van der Waals surface area contributed by atoms with E-state index in [4.69, 9.17) is 10.00 Å². The van der Waals surface area contributed by atoms with E-state index in [2.05, 4.69) is 52.7 Å². The van der Waals surface area contributed by atoms with Crippen LogP contribution >= 0.6 is 0 Å². The number of nitrogens with zero attached hydrogens (tertiary/aromatic N) is 2. The highest BCUT2D eigenvalue weighted by Gasteiger charge is 2.32. The molecule has 0 amide bonds. The molecule has 1 fully saturated rings. The highest BCUT2D eigenvalue weighted by atomic mass is 16.5. The van der Waals surface area contributed by atoms with Crippen LogP contribution in [-0.4, -0.2) is 31.1 Å². The molecule has 2 atom stereocenters. The fourth-order valence-electron chi connectivity index (χ4n) is 3.91. The predicted molar refractivity (Wildman–Crippen MR) is 104 cm³/mol. The molecule has 2 aromatic rings. The third kappa shape index (κ3) is 4.43. The molecule has 1 saturated heterocycles. The monoisotopic (exact) mass is 349 g/mol. The van der Waals surface area contributed by atoms with Crippen LogP contribution in [-0.2, 0) is 6.54 Å². The summed E-state index contributed by atoms with van der Waals surface area (Å²) >= 11 is 0. The maximum absolute atomic E-state index is 9.02. The van der Waals surface area contributed by atoms with Gasteiger partial charge in [0.15, 0.2) is 0 Å². The summed E-state index contributed by atoms with van der Waals surface area (Å²) < 4.78 is 5.48. The standard InChI is InChI=1S/C22H27N3O/c1-26-21-13-6-5-11-19(21)17-24-20-12-7-15-25(16-8-14-23)22(20)18-9-3-2-4-10-18/h2-6,9-11,13,20,22,24H,7-8,12,15-17H2,1H3/t20-,22-/m0/s1. The summed E-state index contributed by atoms with van der Waals surface area (Å²) in [4.78, 5) is 2.46. The van der Waals surface area contributed by atoms with Gasteiger partial charge < -0.3 is 10.1 Å². The van der Waals surface area contributed by atoms with Crippen molar-refractivity contribution < 1.29 is 4.74 Å². The molecule has 0 saturated carbocycles. The summed E-state index contributed by atoms with van der Waals surface area (Å²) in [6, 6.07) is 21.8. The molecule has 0 unspecified atom stereocenters. The van der Waals surface area contributed by atoms with Crippen molar-refractivity contribution in [2.45, 2.75) is 37.9 Å². The Morgan fingerprint density at radius 1 is 1.15 bits per heavy atom. The minimum absolute atomic E-state index is 0.299. The van der Waals surface area contributed by atoms with Crippen molar-refractivity contribution in [2.75, 3.05) is 20.2 Å². The minimum atomic E-state index is 0.299. The van der Waals surface area contributed by atoms with Crippen LogP contribution in [0.3, 0.4) is 0 Å².